The molecule has 9 heteroatoms. The number of nitrogens with one attached hydrogen (secondary N) is 1. The largest absolute Gasteiger partial charge is 0.497 e. The van der Waals surface area contributed by atoms with Crippen LogP contribution in [0.4, 0.5) is 0 Å². The van der Waals surface area contributed by atoms with Crippen molar-refractivity contribution in [2.24, 2.45) is 5.16 Å². The van der Waals surface area contributed by atoms with Gasteiger partial charge in [-0.2, -0.15) is 4.98 Å². The highest BCUT2D eigenvalue weighted by molar-refractivity contribution is 6.39. The summed E-state index contributed by atoms with van der Waals surface area (Å²) in [7, 11) is 1.61. The summed E-state index contributed by atoms with van der Waals surface area (Å²) < 4.78 is 10.4. The van der Waals surface area contributed by atoms with Gasteiger partial charge < -0.3 is 19.4 Å². The van der Waals surface area contributed by atoms with Crippen LogP contribution in [0.3, 0.4) is 0 Å². The zero-order valence-electron chi connectivity index (χ0n) is 16.2. The lowest BCUT2D eigenvalue weighted by atomic mass is 10.1. The number of oxime groups is 1. The van der Waals surface area contributed by atoms with Crippen LogP contribution in [0.5, 0.6) is 5.75 Å². The second-order valence-electron chi connectivity index (χ2n) is 6.73. The van der Waals surface area contributed by atoms with Crippen molar-refractivity contribution < 1.29 is 18.9 Å². The van der Waals surface area contributed by atoms with Crippen molar-refractivity contribution >= 4 is 23.2 Å². The number of carbonyl (C=O) groups is 1. The average Bonchev–Trinajstić information content (AvgIpc) is 3.43. The molecule has 30 heavy (non-hydrogen) atoms. The van der Waals surface area contributed by atoms with Crippen molar-refractivity contribution in [3.05, 3.63) is 64.9 Å². The predicted molar refractivity (Wildman–Crippen MR) is 110 cm³/mol. The Kier molecular flexibility index (Phi) is 5.94. The molecule has 2 heterocycles. The van der Waals surface area contributed by atoms with E-state index in [2.05, 4.69) is 20.6 Å². The molecule has 0 saturated heterocycles. The van der Waals surface area contributed by atoms with E-state index in [9.17, 15) is 4.79 Å². The number of halogens is 1. The molecule has 1 aliphatic rings. The van der Waals surface area contributed by atoms with E-state index in [0.717, 1.165) is 16.9 Å². The third kappa shape index (κ3) is 4.77. The Morgan fingerprint density at radius 1 is 1.20 bits per heavy atom. The molecule has 0 saturated carbocycles. The molecule has 2 aromatic carbocycles. The first-order chi connectivity index (χ1) is 14.6. The molecular weight excluding hydrogens is 408 g/mol. The van der Waals surface area contributed by atoms with E-state index in [4.69, 9.17) is 25.7 Å². The van der Waals surface area contributed by atoms with Crippen molar-refractivity contribution in [2.75, 3.05) is 7.11 Å². The van der Waals surface area contributed by atoms with E-state index in [1.807, 2.05) is 24.3 Å². The zero-order chi connectivity index (χ0) is 20.9. The van der Waals surface area contributed by atoms with Gasteiger partial charge in [-0.15, -0.1) is 0 Å². The van der Waals surface area contributed by atoms with Gasteiger partial charge in [0.2, 0.25) is 0 Å². The number of hydrogen-bond acceptors (Lipinski definition) is 7. The molecule has 1 aliphatic heterocycles. The van der Waals surface area contributed by atoms with Crippen molar-refractivity contribution in [1.82, 2.24) is 15.5 Å². The lowest BCUT2D eigenvalue weighted by molar-refractivity contribution is -0.115. The summed E-state index contributed by atoms with van der Waals surface area (Å²) in [5.41, 5.74) is 2.08. The summed E-state index contributed by atoms with van der Waals surface area (Å²) in [5.74, 6) is 1.39. The Bertz CT molecular complexity index is 1050. The number of benzene rings is 2. The summed E-state index contributed by atoms with van der Waals surface area (Å²) in [6, 6.07) is 14.6. The standard InChI is InChI=1S/C21H19ClN4O4/c1-28-16-8-2-13(3-9-16)12-23-20(27)18-10-17(29-25-18)11-19-24-21(30-26-19)14-4-6-15(22)7-5-14/h2-9,17H,10-12H2,1H3,(H,23,27). The summed E-state index contributed by atoms with van der Waals surface area (Å²) in [4.78, 5) is 22.1. The Balaban J connectivity index is 1.27. The minimum Gasteiger partial charge on any atom is -0.497 e. The third-order valence-corrected chi connectivity index (χ3v) is 4.83. The van der Waals surface area contributed by atoms with E-state index < -0.39 is 0 Å². The van der Waals surface area contributed by atoms with Gasteiger partial charge in [-0.05, 0) is 42.0 Å². The van der Waals surface area contributed by atoms with Crippen LogP contribution >= 0.6 is 11.6 Å². The van der Waals surface area contributed by atoms with Crippen LogP contribution < -0.4 is 10.1 Å². The maximum absolute atomic E-state index is 12.3. The van der Waals surface area contributed by atoms with Gasteiger partial charge in [0.05, 0.1) is 13.5 Å². The number of ether oxygens (including phenoxy) is 1. The van der Waals surface area contributed by atoms with E-state index in [1.165, 1.54) is 0 Å². The van der Waals surface area contributed by atoms with Gasteiger partial charge in [-0.25, -0.2) is 0 Å². The predicted octanol–water partition coefficient (Wildman–Crippen LogP) is 3.40. The molecule has 4 rings (SSSR count). The average molecular weight is 427 g/mol. The molecule has 1 amide bonds. The first-order valence-corrected chi connectivity index (χ1v) is 9.71. The third-order valence-electron chi connectivity index (χ3n) is 4.58. The first kappa shape index (κ1) is 19.9. The number of amides is 1. The zero-order valence-corrected chi connectivity index (χ0v) is 16.9. The van der Waals surface area contributed by atoms with Crippen LogP contribution in [0, 0.1) is 0 Å². The number of carbonyl (C=O) groups excluding carboxylic acids is 1. The van der Waals surface area contributed by atoms with Crippen molar-refractivity contribution in [3.63, 3.8) is 0 Å². The Morgan fingerprint density at radius 2 is 1.97 bits per heavy atom. The van der Waals surface area contributed by atoms with E-state index >= 15 is 0 Å². The van der Waals surface area contributed by atoms with Gasteiger partial charge in [-0.3, -0.25) is 4.79 Å². The number of hydrogen-bond donors (Lipinski definition) is 1. The fourth-order valence-electron chi connectivity index (χ4n) is 2.95. The van der Waals surface area contributed by atoms with Gasteiger partial charge in [0.1, 0.15) is 17.6 Å². The molecule has 1 N–H and O–H groups in total. The smallest absolute Gasteiger partial charge is 0.269 e. The topological polar surface area (TPSA) is 98.8 Å². The van der Waals surface area contributed by atoms with E-state index in [-0.39, 0.29) is 12.0 Å². The van der Waals surface area contributed by atoms with Crippen LogP contribution in [0.25, 0.3) is 11.5 Å². The highest BCUT2D eigenvalue weighted by atomic mass is 35.5. The van der Waals surface area contributed by atoms with Crippen LogP contribution in [0.15, 0.2) is 58.2 Å². The molecule has 0 fully saturated rings. The van der Waals surface area contributed by atoms with Crippen molar-refractivity contribution in [1.29, 1.82) is 0 Å². The Hall–Kier alpha value is -3.39. The number of nitrogens with zero attached hydrogens (tertiary/aromatic N) is 3. The molecular formula is C21H19ClN4O4. The molecule has 0 spiro atoms. The summed E-state index contributed by atoms with van der Waals surface area (Å²) in [6.07, 6.45) is 0.442. The molecule has 3 aromatic rings. The maximum Gasteiger partial charge on any atom is 0.269 e. The Morgan fingerprint density at radius 3 is 2.70 bits per heavy atom. The molecule has 0 radical (unpaired) electrons. The Labute approximate surface area is 177 Å². The van der Waals surface area contributed by atoms with Gasteiger partial charge in [-0.1, -0.05) is 34.0 Å². The number of methoxy groups -OCH3 is 1. The molecule has 1 unspecified atom stereocenters. The second-order valence-corrected chi connectivity index (χ2v) is 7.16. The van der Waals surface area contributed by atoms with Gasteiger partial charge in [0, 0.05) is 23.6 Å². The molecule has 1 atom stereocenters. The monoisotopic (exact) mass is 426 g/mol. The van der Waals surface area contributed by atoms with Crippen molar-refractivity contribution in [2.45, 2.75) is 25.5 Å². The molecule has 154 valence electrons. The second kappa shape index (κ2) is 8.96. The van der Waals surface area contributed by atoms with Crippen LogP contribution in [0.1, 0.15) is 17.8 Å². The fraction of sp³-hybridized carbons (Fsp3) is 0.238. The van der Waals surface area contributed by atoms with Crippen LogP contribution in [-0.4, -0.2) is 35.0 Å². The van der Waals surface area contributed by atoms with Crippen molar-refractivity contribution in [3.8, 4) is 17.2 Å². The van der Waals surface area contributed by atoms with E-state index in [1.54, 1.807) is 31.4 Å². The quantitative estimate of drug-likeness (QED) is 0.621. The van der Waals surface area contributed by atoms with E-state index in [0.29, 0.717) is 41.8 Å². The summed E-state index contributed by atoms with van der Waals surface area (Å²) in [6.45, 7) is 0.391. The molecule has 1 aromatic heterocycles. The minimum absolute atomic E-state index is 0.261. The normalized spacial score (nSPS) is 15.4. The summed E-state index contributed by atoms with van der Waals surface area (Å²) in [5, 5.41) is 11.4. The lowest BCUT2D eigenvalue weighted by Gasteiger charge is -2.06. The minimum atomic E-state index is -0.317. The molecule has 0 aliphatic carbocycles. The van der Waals surface area contributed by atoms with Crippen LogP contribution in [0.2, 0.25) is 5.02 Å². The van der Waals surface area contributed by atoms with Gasteiger partial charge >= 0.3 is 0 Å². The SMILES string of the molecule is COc1ccc(CNC(=O)C2=NOC(Cc3noc(-c4ccc(Cl)cc4)n3)C2)cc1. The number of aromatic nitrogens is 2. The van der Waals surface area contributed by atoms with Gasteiger partial charge in [0.25, 0.3) is 11.8 Å². The highest BCUT2D eigenvalue weighted by Gasteiger charge is 2.27. The molecule has 8 nitrogen and oxygen atoms in total. The maximum atomic E-state index is 12.3. The summed E-state index contributed by atoms with van der Waals surface area (Å²) >= 11 is 5.89. The molecule has 0 bridgehead atoms. The number of rotatable bonds is 7. The first-order valence-electron chi connectivity index (χ1n) is 9.33. The van der Waals surface area contributed by atoms with Crippen LogP contribution in [-0.2, 0) is 22.6 Å². The fourth-order valence-corrected chi connectivity index (χ4v) is 3.08. The highest BCUT2D eigenvalue weighted by Crippen LogP contribution is 2.21. The van der Waals surface area contributed by atoms with Gasteiger partial charge in [0.15, 0.2) is 5.82 Å². The lowest BCUT2D eigenvalue weighted by Crippen LogP contribution is -2.30.